The third-order valence-corrected chi connectivity index (χ3v) is 4.23. The molecule has 0 aliphatic carbocycles. The normalized spacial score (nSPS) is 15.2. The average molecular weight is 326 g/mol. The number of oxazole rings is 1. The molecule has 0 radical (unpaired) electrons. The molecule has 0 N–H and O–H groups in total. The van der Waals surface area contributed by atoms with Crippen LogP contribution in [0.25, 0.3) is 11.2 Å². The lowest BCUT2D eigenvalue weighted by atomic mass is 10.3. The van der Waals surface area contributed by atoms with Crippen molar-refractivity contribution in [3.05, 3.63) is 36.3 Å². The maximum absolute atomic E-state index is 12.6. The monoisotopic (exact) mass is 326 g/mol. The second-order valence-corrected chi connectivity index (χ2v) is 5.63. The van der Waals surface area contributed by atoms with E-state index in [9.17, 15) is 4.79 Å². The summed E-state index contributed by atoms with van der Waals surface area (Å²) >= 11 is 0. The number of hydrogen-bond donors (Lipinski definition) is 0. The molecule has 0 atom stereocenters. The van der Waals surface area contributed by atoms with Crippen molar-refractivity contribution in [2.75, 3.05) is 31.1 Å². The molecule has 0 aromatic carbocycles. The van der Waals surface area contributed by atoms with Gasteiger partial charge in [-0.05, 0) is 25.1 Å². The smallest absolute Gasteiger partial charge is 0.300 e. The van der Waals surface area contributed by atoms with E-state index >= 15 is 0 Å². The third-order valence-electron chi connectivity index (χ3n) is 4.23. The molecule has 1 amide bonds. The Morgan fingerprint density at radius 3 is 2.79 bits per heavy atom. The zero-order valence-corrected chi connectivity index (χ0v) is 13.4. The molecule has 1 saturated heterocycles. The molecule has 0 unspecified atom stereocenters. The Balaban J connectivity index is 1.45. The summed E-state index contributed by atoms with van der Waals surface area (Å²) in [6, 6.07) is 6.01. The molecule has 3 aromatic rings. The predicted octanol–water partition coefficient (Wildman–Crippen LogP) is 1.40. The van der Waals surface area contributed by atoms with Crippen LogP contribution in [0.5, 0.6) is 0 Å². The van der Waals surface area contributed by atoms with Crippen molar-refractivity contribution >= 4 is 23.2 Å². The minimum atomic E-state index is 0.0215. The first-order chi connectivity index (χ1) is 11.8. The van der Waals surface area contributed by atoms with Crippen molar-refractivity contribution < 1.29 is 9.21 Å². The fraction of sp³-hybridized carbons (Fsp3) is 0.375. The van der Waals surface area contributed by atoms with E-state index in [-0.39, 0.29) is 5.91 Å². The highest BCUT2D eigenvalue weighted by Crippen LogP contribution is 2.21. The van der Waals surface area contributed by atoms with Gasteiger partial charge >= 0.3 is 0 Å². The summed E-state index contributed by atoms with van der Waals surface area (Å²) in [7, 11) is 0. The van der Waals surface area contributed by atoms with Gasteiger partial charge in [0.1, 0.15) is 5.69 Å². The van der Waals surface area contributed by atoms with Crippen LogP contribution in [0.15, 0.2) is 35.0 Å². The molecule has 1 fully saturated rings. The Kier molecular flexibility index (Phi) is 3.64. The van der Waals surface area contributed by atoms with Crippen molar-refractivity contribution in [1.82, 2.24) is 24.6 Å². The van der Waals surface area contributed by atoms with Crippen LogP contribution in [0, 0.1) is 0 Å². The molecule has 8 heteroatoms. The number of rotatable bonds is 3. The van der Waals surface area contributed by atoms with Crippen LogP contribution < -0.4 is 4.90 Å². The minimum Gasteiger partial charge on any atom is -0.422 e. The van der Waals surface area contributed by atoms with Crippen LogP contribution in [0.1, 0.15) is 17.4 Å². The van der Waals surface area contributed by atoms with Gasteiger partial charge in [-0.2, -0.15) is 10.1 Å². The predicted molar refractivity (Wildman–Crippen MR) is 87.8 cm³/mol. The van der Waals surface area contributed by atoms with E-state index in [2.05, 4.69) is 15.1 Å². The maximum atomic E-state index is 12.6. The molecule has 4 heterocycles. The van der Waals surface area contributed by atoms with Gasteiger partial charge in [-0.25, -0.2) is 4.98 Å². The van der Waals surface area contributed by atoms with Gasteiger partial charge in [-0.15, -0.1) is 0 Å². The van der Waals surface area contributed by atoms with Crippen LogP contribution >= 0.6 is 0 Å². The number of piperazine rings is 1. The summed E-state index contributed by atoms with van der Waals surface area (Å²) < 4.78 is 7.47. The number of pyridine rings is 1. The number of carbonyl (C=O) groups is 1. The summed E-state index contributed by atoms with van der Waals surface area (Å²) in [4.78, 5) is 25.1. The largest absolute Gasteiger partial charge is 0.422 e. The molecule has 0 spiro atoms. The molecule has 1 aliphatic rings. The Morgan fingerprint density at radius 1 is 1.21 bits per heavy atom. The molecular formula is C16H18N6O2. The van der Waals surface area contributed by atoms with E-state index in [1.54, 1.807) is 23.1 Å². The van der Waals surface area contributed by atoms with Crippen molar-refractivity contribution in [1.29, 1.82) is 0 Å². The lowest BCUT2D eigenvalue weighted by Gasteiger charge is -2.33. The lowest BCUT2D eigenvalue weighted by molar-refractivity contribution is 0.0732. The fourth-order valence-electron chi connectivity index (χ4n) is 2.92. The highest BCUT2D eigenvalue weighted by molar-refractivity contribution is 5.92. The first-order valence-corrected chi connectivity index (χ1v) is 8.04. The van der Waals surface area contributed by atoms with Gasteiger partial charge < -0.3 is 14.2 Å². The second kappa shape index (κ2) is 5.95. The van der Waals surface area contributed by atoms with Crippen molar-refractivity contribution in [3.8, 4) is 0 Å². The van der Waals surface area contributed by atoms with E-state index in [4.69, 9.17) is 4.42 Å². The summed E-state index contributed by atoms with van der Waals surface area (Å²) in [5.41, 5.74) is 1.92. The molecular weight excluding hydrogens is 308 g/mol. The molecule has 24 heavy (non-hydrogen) atoms. The first-order valence-electron chi connectivity index (χ1n) is 8.04. The van der Waals surface area contributed by atoms with E-state index in [1.807, 2.05) is 28.9 Å². The van der Waals surface area contributed by atoms with E-state index < -0.39 is 0 Å². The summed E-state index contributed by atoms with van der Waals surface area (Å²) in [6.07, 6.45) is 3.36. The zero-order valence-electron chi connectivity index (χ0n) is 13.4. The third kappa shape index (κ3) is 2.49. The van der Waals surface area contributed by atoms with E-state index in [0.717, 1.165) is 0 Å². The Hall–Kier alpha value is -2.90. The summed E-state index contributed by atoms with van der Waals surface area (Å²) in [6.45, 7) is 5.27. The number of hydrogen-bond acceptors (Lipinski definition) is 6. The van der Waals surface area contributed by atoms with Gasteiger partial charge in [0.15, 0.2) is 5.58 Å². The maximum Gasteiger partial charge on any atom is 0.300 e. The molecule has 0 saturated carbocycles. The number of amides is 1. The van der Waals surface area contributed by atoms with Gasteiger partial charge in [-0.1, -0.05) is 0 Å². The van der Waals surface area contributed by atoms with Gasteiger partial charge in [0.25, 0.3) is 11.9 Å². The number of nitrogens with zero attached hydrogens (tertiary/aromatic N) is 6. The van der Waals surface area contributed by atoms with Crippen LogP contribution in [-0.4, -0.2) is 56.7 Å². The number of fused-ring (bicyclic) bond motifs is 1. The lowest BCUT2D eigenvalue weighted by Crippen LogP contribution is -2.49. The standard InChI is InChI=1S/C16H18N6O2/c1-2-22-12(5-7-18-22)15(23)20-8-10-21(11-9-20)16-19-14-13(24-16)4-3-6-17-14/h3-7H,2,8-11H2,1H3. The van der Waals surface area contributed by atoms with Gasteiger partial charge in [0, 0.05) is 45.1 Å². The van der Waals surface area contributed by atoms with Crippen molar-refractivity contribution in [2.24, 2.45) is 0 Å². The molecule has 0 bridgehead atoms. The molecule has 3 aromatic heterocycles. The highest BCUT2D eigenvalue weighted by Gasteiger charge is 2.26. The highest BCUT2D eigenvalue weighted by atomic mass is 16.4. The molecule has 8 nitrogen and oxygen atoms in total. The van der Waals surface area contributed by atoms with Crippen LogP contribution in [0.3, 0.4) is 0 Å². The number of anilines is 1. The van der Waals surface area contributed by atoms with Crippen molar-refractivity contribution in [3.63, 3.8) is 0 Å². The van der Waals surface area contributed by atoms with Gasteiger partial charge in [-0.3, -0.25) is 9.48 Å². The Labute approximate surface area is 138 Å². The minimum absolute atomic E-state index is 0.0215. The van der Waals surface area contributed by atoms with E-state index in [0.29, 0.717) is 55.7 Å². The number of carbonyl (C=O) groups excluding carboxylic acids is 1. The van der Waals surface area contributed by atoms with Crippen LogP contribution in [-0.2, 0) is 6.54 Å². The average Bonchev–Trinajstić information content (AvgIpc) is 3.27. The second-order valence-electron chi connectivity index (χ2n) is 5.63. The molecule has 4 rings (SSSR count). The Morgan fingerprint density at radius 2 is 2.04 bits per heavy atom. The van der Waals surface area contributed by atoms with Gasteiger partial charge in [0.2, 0.25) is 5.65 Å². The summed E-state index contributed by atoms with van der Waals surface area (Å²) in [5, 5.41) is 4.16. The molecule has 1 aliphatic heterocycles. The number of aryl methyl sites for hydroxylation is 1. The van der Waals surface area contributed by atoms with Gasteiger partial charge in [0.05, 0.1) is 0 Å². The molecule has 124 valence electrons. The van der Waals surface area contributed by atoms with Crippen LogP contribution in [0.4, 0.5) is 6.01 Å². The quantitative estimate of drug-likeness (QED) is 0.724. The summed E-state index contributed by atoms with van der Waals surface area (Å²) in [5.74, 6) is 0.0215. The first kappa shape index (κ1) is 14.7. The Bertz CT molecular complexity index is 829. The number of aromatic nitrogens is 4. The SMILES string of the molecule is CCn1nccc1C(=O)N1CCN(c2nc3ncccc3o2)CC1. The van der Waals surface area contributed by atoms with Crippen molar-refractivity contribution in [2.45, 2.75) is 13.5 Å². The van der Waals surface area contributed by atoms with E-state index in [1.165, 1.54) is 0 Å². The zero-order chi connectivity index (χ0) is 16.5. The topological polar surface area (TPSA) is 80.3 Å². The van der Waals surface area contributed by atoms with Crippen LogP contribution in [0.2, 0.25) is 0 Å². The fourth-order valence-corrected chi connectivity index (χ4v) is 2.92.